The number of benzene rings is 1. The maximum Gasteiger partial charge on any atom is 0.490 e. The van der Waals surface area contributed by atoms with Gasteiger partial charge < -0.3 is 10.4 Å². The molecule has 2 amide bonds. The first-order valence-electron chi connectivity index (χ1n) is 11.4. The number of nitrogens with one attached hydrogen (secondary N) is 1. The van der Waals surface area contributed by atoms with Gasteiger partial charge in [-0.05, 0) is 54.3 Å². The van der Waals surface area contributed by atoms with Crippen molar-refractivity contribution in [1.29, 1.82) is 0 Å². The van der Waals surface area contributed by atoms with Crippen molar-refractivity contribution in [2.75, 3.05) is 5.32 Å². The van der Waals surface area contributed by atoms with E-state index < -0.39 is 12.1 Å². The molecule has 4 heterocycles. The fourth-order valence-corrected chi connectivity index (χ4v) is 3.52. The highest BCUT2D eigenvalue weighted by molar-refractivity contribution is 5.91. The van der Waals surface area contributed by atoms with Crippen LogP contribution in [0.4, 0.5) is 23.7 Å². The Labute approximate surface area is 219 Å². The predicted molar refractivity (Wildman–Crippen MR) is 135 cm³/mol. The first-order chi connectivity index (χ1) is 18.6. The highest BCUT2D eigenvalue weighted by Gasteiger charge is 2.38. The van der Waals surface area contributed by atoms with Crippen molar-refractivity contribution < 1.29 is 27.9 Å². The van der Waals surface area contributed by atoms with Crippen molar-refractivity contribution in [2.24, 2.45) is 5.10 Å². The number of anilines is 1. The van der Waals surface area contributed by atoms with E-state index in [2.05, 4.69) is 37.3 Å². The van der Waals surface area contributed by atoms with Crippen LogP contribution in [0.1, 0.15) is 34.8 Å². The lowest BCUT2D eigenvalue weighted by Gasteiger charge is -2.22. The summed E-state index contributed by atoms with van der Waals surface area (Å²) in [7, 11) is 0. The summed E-state index contributed by atoms with van der Waals surface area (Å²) in [6, 6.07) is 12.7. The monoisotopic (exact) mass is 535 g/mol. The quantitative estimate of drug-likeness (QED) is 0.366. The third-order valence-electron chi connectivity index (χ3n) is 5.44. The number of hydrogen-bond donors (Lipinski definition) is 2. The van der Waals surface area contributed by atoms with Gasteiger partial charge in [-0.1, -0.05) is 18.1 Å². The van der Waals surface area contributed by atoms with Crippen LogP contribution in [-0.4, -0.2) is 54.1 Å². The van der Waals surface area contributed by atoms with Crippen molar-refractivity contribution >= 4 is 29.5 Å². The molecule has 0 aliphatic carbocycles. The molecule has 1 unspecified atom stereocenters. The largest absolute Gasteiger partial charge is 0.490 e. The van der Waals surface area contributed by atoms with Crippen LogP contribution in [0.2, 0.25) is 0 Å². The number of nitrogens with zero attached hydrogens (tertiary/aromatic N) is 6. The number of urea groups is 1. The van der Waals surface area contributed by atoms with Gasteiger partial charge in [-0.15, -0.1) is 0 Å². The molecule has 0 fully saturated rings. The molecule has 4 aromatic rings. The van der Waals surface area contributed by atoms with Gasteiger partial charge in [0.15, 0.2) is 5.65 Å². The van der Waals surface area contributed by atoms with Crippen molar-refractivity contribution in [2.45, 2.75) is 25.6 Å². The molecule has 3 aromatic heterocycles. The molecule has 39 heavy (non-hydrogen) atoms. The molecule has 5 rings (SSSR count). The van der Waals surface area contributed by atoms with E-state index in [0.29, 0.717) is 17.8 Å². The topological polar surface area (TPSA) is 125 Å². The zero-order chi connectivity index (χ0) is 28.0. The maximum absolute atomic E-state index is 12.9. The number of carbonyl (C=O) groups is 2. The average Bonchev–Trinajstić information content (AvgIpc) is 3.57. The Balaban J connectivity index is 0.000000448. The standard InChI is InChI=1S/C24H19N7O.C2HF3O2/c1-17-6-8-20(14-18(17)7-9-21-16-26-23-5-3-12-27-30(21)23)29-24(32)31-22(10-13-28-31)19-4-2-11-25-15-19;3-2(4,5)1(6)7/h2-6,8,11-16,22H,10H2,1H3,(H,29,32);(H,6,7). The number of fused-ring (bicyclic) bond motifs is 1. The van der Waals surface area contributed by atoms with Gasteiger partial charge in [0.2, 0.25) is 0 Å². The molecule has 0 radical (unpaired) electrons. The fraction of sp³-hybridized carbons (Fsp3) is 0.154. The Morgan fingerprint density at radius 1 is 1.10 bits per heavy atom. The minimum absolute atomic E-state index is 0.170. The second-order valence-electron chi connectivity index (χ2n) is 8.13. The number of aryl methyl sites for hydroxylation is 1. The summed E-state index contributed by atoms with van der Waals surface area (Å²) in [5, 5.41) is 20.0. The molecule has 1 aliphatic heterocycles. The van der Waals surface area contributed by atoms with E-state index in [4.69, 9.17) is 9.90 Å². The van der Waals surface area contributed by atoms with Gasteiger partial charge in [-0.25, -0.2) is 24.1 Å². The number of pyridine rings is 1. The normalized spacial score (nSPS) is 14.3. The summed E-state index contributed by atoms with van der Waals surface area (Å²) in [6.45, 7) is 1.98. The van der Waals surface area contributed by atoms with Gasteiger partial charge in [0, 0.05) is 42.5 Å². The molecule has 13 heteroatoms. The third-order valence-corrected chi connectivity index (χ3v) is 5.44. The van der Waals surface area contributed by atoms with Crippen molar-refractivity contribution in [3.8, 4) is 11.8 Å². The average molecular weight is 535 g/mol. The zero-order valence-electron chi connectivity index (χ0n) is 20.3. The van der Waals surface area contributed by atoms with Crippen LogP contribution in [-0.2, 0) is 4.79 Å². The Bertz CT molecular complexity index is 1590. The summed E-state index contributed by atoms with van der Waals surface area (Å²) in [5.74, 6) is 3.54. The Morgan fingerprint density at radius 3 is 2.59 bits per heavy atom. The number of carboxylic acid groups (broad SMARTS) is 1. The Hall–Kier alpha value is -5.25. The lowest BCUT2D eigenvalue weighted by atomic mass is 10.1. The number of imidazole rings is 1. The number of hydrogen-bond acceptors (Lipinski definition) is 6. The molecule has 198 valence electrons. The molecular formula is C26H20F3N7O3. The minimum Gasteiger partial charge on any atom is -0.475 e. The number of carbonyl (C=O) groups excluding carboxylic acids is 1. The number of hydrazone groups is 1. The summed E-state index contributed by atoms with van der Waals surface area (Å²) in [6.07, 6.45) is 4.17. The van der Waals surface area contributed by atoms with Crippen molar-refractivity contribution in [1.82, 2.24) is 24.6 Å². The van der Waals surface area contributed by atoms with Crippen LogP contribution in [0, 0.1) is 18.8 Å². The summed E-state index contributed by atoms with van der Waals surface area (Å²) < 4.78 is 33.4. The molecule has 10 nitrogen and oxygen atoms in total. The second kappa shape index (κ2) is 11.4. The number of aliphatic carboxylic acids is 1. The maximum atomic E-state index is 12.9. The second-order valence-corrected chi connectivity index (χ2v) is 8.13. The van der Waals surface area contributed by atoms with E-state index in [9.17, 15) is 18.0 Å². The van der Waals surface area contributed by atoms with Gasteiger partial charge in [0.05, 0.1) is 12.2 Å². The van der Waals surface area contributed by atoms with Gasteiger partial charge in [0.1, 0.15) is 5.69 Å². The first kappa shape index (κ1) is 26.8. The van der Waals surface area contributed by atoms with E-state index in [0.717, 1.165) is 22.3 Å². The van der Waals surface area contributed by atoms with Crippen molar-refractivity contribution in [3.63, 3.8) is 0 Å². The van der Waals surface area contributed by atoms with E-state index in [1.807, 2.05) is 49.4 Å². The van der Waals surface area contributed by atoms with Crippen LogP contribution in [0.25, 0.3) is 5.65 Å². The van der Waals surface area contributed by atoms with E-state index in [-0.39, 0.29) is 12.1 Å². The first-order valence-corrected chi connectivity index (χ1v) is 11.4. The van der Waals surface area contributed by atoms with E-state index in [1.54, 1.807) is 35.5 Å². The van der Waals surface area contributed by atoms with Crippen molar-refractivity contribution in [3.05, 3.63) is 89.6 Å². The van der Waals surface area contributed by atoms with E-state index in [1.165, 1.54) is 5.01 Å². The van der Waals surface area contributed by atoms with Crippen LogP contribution < -0.4 is 5.32 Å². The smallest absolute Gasteiger partial charge is 0.475 e. The number of carboxylic acids is 1. The number of aromatic nitrogens is 4. The predicted octanol–water partition coefficient (Wildman–Crippen LogP) is 4.43. The van der Waals surface area contributed by atoms with Crippen LogP contribution >= 0.6 is 0 Å². The zero-order valence-corrected chi connectivity index (χ0v) is 20.3. The summed E-state index contributed by atoms with van der Waals surface area (Å²) >= 11 is 0. The number of rotatable bonds is 2. The Kier molecular flexibility index (Phi) is 7.85. The van der Waals surface area contributed by atoms with Gasteiger partial charge in [-0.3, -0.25) is 4.98 Å². The lowest BCUT2D eigenvalue weighted by Crippen LogP contribution is -2.31. The lowest BCUT2D eigenvalue weighted by molar-refractivity contribution is -0.192. The highest BCUT2D eigenvalue weighted by atomic mass is 19.4. The fourth-order valence-electron chi connectivity index (χ4n) is 3.52. The van der Waals surface area contributed by atoms with E-state index >= 15 is 0 Å². The molecule has 1 aromatic carbocycles. The number of alkyl halides is 3. The third kappa shape index (κ3) is 6.55. The molecule has 0 saturated heterocycles. The SMILES string of the molecule is Cc1ccc(NC(=O)N2N=CCC2c2cccnc2)cc1C#Cc1cnc2cccnn12.O=C(O)C(F)(F)F. The van der Waals surface area contributed by atoms with Crippen LogP contribution in [0.5, 0.6) is 0 Å². The van der Waals surface area contributed by atoms with Crippen LogP contribution in [0.15, 0.2) is 72.4 Å². The van der Waals surface area contributed by atoms with Gasteiger partial charge in [-0.2, -0.15) is 23.4 Å². The van der Waals surface area contributed by atoms with Crippen LogP contribution in [0.3, 0.4) is 0 Å². The molecule has 2 N–H and O–H groups in total. The highest BCUT2D eigenvalue weighted by Crippen LogP contribution is 2.28. The number of halogens is 3. The molecule has 0 saturated carbocycles. The molecule has 0 spiro atoms. The molecule has 0 bridgehead atoms. The van der Waals surface area contributed by atoms with Gasteiger partial charge in [0.25, 0.3) is 0 Å². The summed E-state index contributed by atoms with van der Waals surface area (Å²) in [4.78, 5) is 30.3. The molecule has 1 atom stereocenters. The van der Waals surface area contributed by atoms with Gasteiger partial charge >= 0.3 is 18.2 Å². The summed E-state index contributed by atoms with van der Waals surface area (Å²) in [5.41, 5.74) is 4.83. The number of amides is 2. The molecular weight excluding hydrogens is 515 g/mol. The Morgan fingerprint density at radius 2 is 1.87 bits per heavy atom. The minimum atomic E-state index is -5.08. The molecule has 1 aliphatic rings.